The minimum Gasteiger partial charge on any atom is -0.458 e. The van der Waals surface area contributed by atoms with Gasteiger partial charge in [0.25, 0.3) is 0 Å². The Bertz CT molecular complexity index is 536. The van der Waals surface area contributed by atoms with E-state index in [4.69, 9.17) is 4.74 Å². The first-order chi connectivity index (χ1) is 9.17. The summed E-state index contributed by atoms with van der Waals surface area (Å²) in [4.78, 5) is 14.8. The highest BCUT2D eigenvalue weighted by molar-refractivity contribution is 9.10. The molecular formula is C16H22BrNO2. The fraction of sp³-hybridized carbons (Fsp3) is 0.562. The molecule has 0 unspecified atom stereocenters. The van der Waals surface area contributed by atoms with Gasteiger partial charge in [-0.2, -0.15) is 0 Å². The molecule has 0 radical (unpaired) electrons. The summed E-state index contributed by atoms with van der Waals surface area (Å²) in [5.41, 5.74) is 1.04. The van der Waals surface area contributed by atoms with Crippen LogP contribution in [0.3, 0.4) is 0 Å². The Morgan fingerprint density at radius 1 is 1.40 bits per heavy atom. The summed E-state index contributed by atoms with van der Waals surface area (Å²) < 4.78 is 6.66. The summed E-state index contributed by atoms with van der Waals surface area (Å²) in [6.07, 6.45) is 0.801. The van der Waals surface area contributed by atoms with Crippen LogP contribution in [0.5, 0.6) is 0 Å². The van der Waals surface area contributed by atoms with E-state index in [0.717, 1.165) is 28.6 Å². The highest BCUT2D eigenvalue weighted by Gasteiger charge is 2.53. The van der Waals surface area contributed by atoms with Crippen molar-refractivity contribution in [1.29, 1.82) is 0 Å². The van der Waals surface area contributed by atoms with Crippen LogP contribution in [-0.2, 0) is 15.1 Å². The van der Waals surface area contributed by atoms with E-state index in [-0.39, 0.29) is 5.97 Å². The van der Waals surface area contributed by atoms with Gasteiger partial charge in [0.1, 0.15) is 11.1 Å². The highest BCUT2D eigenvalue weighted by atomic mass is 79.9. The van der Waals surface area contributed by atoms with Gasteiger partial charge in [0, 0.05) is 11.0 Å². The summed E-state index contributed by atoms with van der Waals surface area (Å²) >= 11 is 3.50. The number of nitrogens with zero attached hydrogens (tertiary/aromatic N) is 1. The maximum absolute atomic E-state index is 12.8. The van der Waals surface area contributed by atoms with E-state index in [0.29, 0.717) is 0 Å². The van der Waals surface area contributed by atoms with Gasteiger partial charge in [-0.05, 0) is 64.4 Å². The molecule has 20 heavy (non-hydrogen) atoms. The van der Waals surface area contributed by atoms with Crippen molar-refractivity contribution in [3.63, 3.8) is 0 Å². The fourth-order valence-corrected chi connectivity index (χ4v) is 3.03. The van der Waals surface area contributed by atoms with Gasteiger partial charge in [0.15, 0.2) is 0 Å². The third-order valence-electron chi connectivity index (χ3n) is 3.84. The van der Waals surface area contributed by atoms with Crippen LogP contribution in [0, 0.1) is 6.92 Å². The monoisotopic (exact) mass is 339 g/mol. The second-order valence-corrected chi connectivity index (χ2v) is 7.41. The second-order valence-electron chi connectivity index (χ2n) is 6.49. The van der Waals surface area contributed by atoms with E-state index in [2.05, 4.69) is 20.8 Å². The Labute approximate surface area is 129 Å². The molecule has 1 fully saturated rings. The molecule has 3 nitrogen and oxygen atoms in total. The fourth-order valence-electron chi connectivity index (χ4n) is 2.67. The van der Waals surface area contributed by atoms with Gasteiger partial charge < -0.3 is 4.74 Å². The van der Waals surface area contributed by atoms with Gasteiger partial charge in [0.05, 0.1) is 0 Å². The Kier molecular flexibility index (Phi) is 4.00. The molecule has 1 heterocycles. The average Bonchev–Trinajstić information content (AvgIpc) is 2.30. The minimum absolute atomic E-state index is 0.153. The third-order valence-corrected chi connectivity index (χ3v) is 4.34. The Hall–Kier alpha value is -0.870. The van der Waals surface area contributed by atoms with Crippen LogP contribution in [0.15, 0.2) is 22.7 Å². The number of carbonyl (C=O) groups is 1. The van der Waals surface area contributed by atoms with Crippen LogP contribution in [0.2, 0.25) is 0 Å². The molecule has 0 bridgehead atoms. The topological polar surface area (TPSA) is 29.5 Å². The van der Waals surface area contributed by atoms with E-state index >= 15 is 0 Å². The average molecular weight is 340 g/mol. The van der Waals surface area contributed by atoms with Crippen LogP contribution >= 0.6 is 15.9 Å². The van der Waals surface area contributed by atoms with Crippen LogP contribution in [0.25, 0.3) is 0 Å². The number of benzene rings is 1. The second kappa shape index (κ2) is 5.15. The van der Waals surface area contributed by atoms with Crippen LogP contribution in [-0.4, -0.2) is 30.1 Å². The molecule has 1 saturated heterocycles. The van der Waals surface area contributed by atoms with Gasteiger partial charge in [-0.1, -0.05) is 22.0 Å². The van der Waals surface area contributed by atoms with Gasteiger partial charge in [-0.25, -0.2) is 4.79 Å². The number of ether oxygens (including phenoxy) is 1. The molecule has 1 aliphatic rings. The first-order valence-electron chi connectivity index (χ1n) is 6.88. The Morgan fingerprint density at radius 3 is 2.50 bits per heavy atom. The van der Waals surface area contributed by atoms with Crippen molar-refractivity contribution < 1.29 is 9.53 Å². The molecule has 0 N–H and O–H groups in total. The number of hydrogen-bond donors (Lipinski definition) is 0. The predicted molar refractivity (Wildman–Crippen MR) is 83.6 cm³/mol. The van der Waals surface area contributed by atoms with E-state index in [1.54, 1.807) is 0 Å². The van der Waals surface area contributed by atoms with Crippen molar-refractivity contribution in [3.8, 4) is 0 Å². The van der Waals surface area contributed by atoms with Gasteiger partial charge in [-0.3, -0.25) is 4.90 Å². The molecule has 0 aliphatic carbocycles. The lowest BCUT2D eigenvalue weighted by atomic mass is 9.76. The predicted octanol–water partition coefficient (Wildman–Crippen LogP) is 3.63. The van der Waals surface area contributed by atoms with E-state index in [9.17, 15) is 4.79 Å². The van der Waals surface area contributed by atoms with Gasteiger partial charge >= 0.3 is 5.97 Å². The quantitative estimate of drug-likeness (QED) is 0.770. The first-order valence-corrected chi connectivity index (χ1v) is 7.67. The summed E-state index contributed by atoms with van der Waals surface area (Å²) in [5, 5.41) is 0. The van der Waals surface area contributed by atoms with Crippen molar-refractivity contribution in [2.75, 3.05) is 13.6 Å². The molecule has 0 aromatic heterocycles. The number of likely N-dealkylation sites (tertiary alicyclic amines) is 1. The number of rotatable bonds is 2. The van der Waals surface area contributed by atoms with Crippen LogP contribution in [0.1, 0.15) is 38.3 Å². The molecule has 1 atom stereocenters. The van der Waals surface area contributed by atoms with Crippen molar-refractivity contribution in [2.45, 2.75) is 45.3 Å². The number of aryl methyl sites for hydroxylation is 1. The highest BCUT2D eigenvalue weighted by Crippen LogP contribution is 2.43. The summed E-state index contributed by atoms with van der Waals surface area (Å²) in [7, 11) is 1.98. The molecule has 1 aromatic carbocycles. The SMILES string of the molecule is Cc1ccc(Br)cc1[C@]1(C(=O)OC(C)(C)C)CCN1C. The van der Waals surface area contributed by atoms with Crippen molar-refractivity contribution in [3.05, 3.63) is 33.8 Å². The van der Waals surface area contributed by atoms with Crippen molar-refractivity contribution in [2.24, 2.45) is 0 Å². The normalized spacial score (nSPS) is 23.3. The van der Waals surface area contributed by atoms with Gasteiger partial charge in [-0.15, -0.1) is 0 Å². The summed E-state index contributed by atoms with van der Waals surface area (Å²) in [6.45, 7) is 8.67. The molecule has 0 amide bonds. The zero-order chi connectivity index (χ0) is 15.1. The van der Waals surface area contributed by atoms with Crippen LogP contribution in [0.4, 0.5) is 0 Å². The molecule has 0 spiro atoms. The lowest BCUT2D eigenvalue weighted by Gasteiger charge is -2.50. The number of hydrogen-bond acceptors (Lipinski definition) is 3. The maximum Gasteiger partial charge on any atom is 0.331 e. The lowest BCUT2D eigenvalue weighted by Crippen LogP contribution is -2.61. The zero-order valence-electron chi connectivity index (χ0n) is 12.8. The number of carbonyl (C=O) groups excluding carboxylic acids is 1. The lowest BCUT2D eigenvalue weighted by molar-refractivity contribution is -0.179. The zero-order valence-corrected chi connectivity index (χ0v) is 14.4. The first kappa shape index (κ1) is 15.5. The molecule has 1 aromatic rings. The number of halogens is 1. The van der Waals surface area contributed by atoms with E-state index < -0.39 is 11.1 Å². The number of likely N-dealkylation sites (N-methyl/N-ethyl adjacent to an activating group) is 1. The van der Waals surface area contributed by atoms with E-state index in [1.807, 2.05) is 52.9 Å². The van der Waals surface area contributed by atoms with Crippen molar-refractivity contribution in [1.82, 2.24) is 4.90 Å². The largest absolute Gasteiger partial charge is 0.458 e. The molecule has 4 heteroatoms. The standard InChI is InChI=1S/C16H22BrNO2/c1-11-6-7-12(17)10-13(11)16(8-9-18(16)5)14(19)20-15(2,3)4/h6-7,10H,8-9H2,1-5H3/t16-/m0/s1. The summed E-state index contributed by atoms with van der Waals surface area (Å²) in [6, 6.07) is 6.08. The third kappa shape index (κ3) is 2.63. The molecule has 2 rings (SSSR count). The van der Waals surface area contributed by atoms with Crippen molar-refractivity contribution >= 4 is 21.9 Å². The van der Waals surface area contributed by atoms with Gasteiger partial charge in [0.2, 0.25) is 0 Å². The maximum atomic E-state index is 12.8. The Balaban J connectivity index is 2.45. The van der Waals surface area contributed by atoms with E-state index in [1.165, 1.54) is 0 Å². The smallest absolute Gasteiger partial charge is 0.331 e. The molecule has 110 valence electrons. The molecule has 1 aliphatic heterocycles. The Morgan fingerprint density at radius 2 is 2.05 bits per heavy atom. The molecular weight excluding hydrogens is 318 g/mol. The molecule has 0 saturated carbocycles. The van der Waals surface area contributed by atoms with Crippen LogP contribution < -0.4 is 0 Å². The number of esters is 1. The summed E-state index contributed by atoms with van der Waals surface area (Å²) in [5.74, 6) is -0.153. The minimum atomic E-state index is -0.638.